The summed E-state index contributed by atoms with van der Waals surface area (Å²) in [6, 6.07) is 0. The number of aromatic amines is 2. The van der Waals surface area contributed by atoms with Crippen LogP contribution in [-0.2, 0) is 10.8 Å². The molecule has 12 heavy (non-hydrogen) atoms. The van der Waals surface area contributed by atoms with E-state index in [-0.39, 0.29) is 0 Å². The topological polar surface area (TPSA) is 65.7 Å². The summed E-state index contributed by atoms with van der Waals surface area (Å²) in [4.78, 5) is 9.71. The number of H-pyrrole nitrogens is 2. The maximum atomic E-state index is 11.7. The van der Waals surface area contributed by atoms with Crippen LogP contribution < -0.4 is 5.56 Å². The summed E-state index contributed by atoms with van der Waals surface area (Å²) in [6.07, 6.45) is 0.728. The first-order valence-corrected chi connectivity index (χ1v) is 3.82. The Hall–Kier alpha value is -1.05. The van der Waals surface area contributed by atoms with E-state index in [1.807, 2.05) is 10.2 Å². The van der Waals surface area contributed by atoms with Crippen molar-refractivity contribution < 1.29 is 17.4 Å². The highest BCUT2D eigenvalue weighted by molar-refractivity contribution is 7.85. The molecule has 8 heteroatoms. The molecule has 2 N–H and O–H groups in total. The Morgan fingerprint density at radius 2 is 2.00 bits per heavy atom. The lowest BCUT2D eigenvalue weighted by Crippen LogP contribution is -2.20. The Bertz CT molecular complexity index is 352. The van der Waals surface area contributed by atoms with Gasteiger partial charge in [-0.1, -0.05) is 0 Å². The van der Waals surface area contributed by atoms with Gasteiger partial charge in [0.15, 0.2) is 10.8 Å². The van der Waals surface area contributed by atoms with Crippen LogP contribution in [0.15, 0.2) is 15.9 Å². The number of alkyl halides is 3. The Labute approximate surface area is 66.2 Å². The molecule has 1 aromatic heterocycles. The molecule has 1 heterocycles. The van der Waals surface area contributed by atoms with Crippen LogP contribution in [0.3, 0.4) is 0 Å². The van der Waals surface area contributed by atoms with Gasteiger partial charge in [0.25, 0.3) is 5.56 Å². The van der Waals surface area contributed by atoms with Crippen LogP contribution in [0.5, 0.6) is 0 Å². The number of aromatic nitrogens is 2. The SMILES string of the molecule is O=c1[nH][nH]cc1S(=O)C(F)(F)F. The summed E-state index contributed by atoms with van der Waals surface area (Å²) in [5, 5.41) is 3.87. The number of hydrogen-bond acceptors (Lipinski definition) is 2. The molecule has 1 unspecified atom stereocenters. The predicted molar refractivity (Wildman–Crippen MR) is 33.9 cm³/mol. The van der Waals surface area contributed by atoms with Gasteiger partial charge in [-0.05, 0) is 0 Å². The van der Waals surface area contributed by atoms with E-state index in [0.29, 0.717) is 0 Å². The zero-order valence-corrected chi connectivity index (χ0v) is 6.25. The summed E-state index contributed by atoms with van der Waals surface area (Å²) < 4.78 is 45.7. The lowest BCUT2D eigenvalue weighted by molar-refractivity contribution is -0.0385. The van der Waals surface area contributed by atoms with Gasteiger partial charge in [0.1, 0.15) is 4.90 Å². The maximum Gasteiger partial charge on any atom is 0.476 e. The lowest BCUT2D eigenvalue weighted by Gasteiger charge is -2.01. The molecule has 0 aliphatic carbocycles. The minimum absolute atomic E-state index is 0.728. The van der Waals surface area contributed by atoms with Gasteiger partial charge < -0.3 is 5.10 Å². The molecule has 0 fully saturated rings. The highest BCUT2D eigenvalue weighted by Gasteiger charge is 2.39. The van der Waals surface area contributed by atoms with Crippen molar-refractivity contribution in [3.8, 4) is 0 Å². The molecule has 0 aliphatic heterocycles. The third-order valence-electron chi connectivity index (χ3n) is 1.02. The van der Waals surface area contributed by atoms with Gasteiger partial charge in [-0.3, -0.25) is 9.89 Å². The zero-order chi connectivity index (χ0) is 9.35. The second kappa shape index (κ2) is 2.77. The van der Waals surface area contributed by atoms with Crippen molar-refractivity contribution in [2.24, 2.45) is 0 Å². The zero-order valence-electron chi connectivity index (χ0n) is 5.44. The number of hydrogen-bond donors (Lipinski definition) is 2. The Kier molecular flexibility index (Phi) is 2.09. The van der Waals surface area contributed by atoms with Crippen LogP contribution in [0.25, 0.3) is 0 Å². The molecule has 0 aliphatic rings. The highest BCUT2D eigenvalue weighted by Crippen LogP contribution is 2.23. The van der Waals surface area contributed by atoms with Gasteiger partial charge in [-0.2, -0.15) is 13.2 Å². The van der Waals surface area contributed by atoms with Crippen molar-refractivity contribution in [2.45, 2.75) is 10.4 Å². The molecule has 0 spiro atoms. The lowest BCUT2D eigenvalue weighted by atomic mass is 10.7. The van der Waals surface area contributed by atoms with E-state index in [2.05, 4.69) is 0 Å². The van der Waals surface area contributed by atoms with E-state index in [0.717, 1.165) is 6.20 Å². The highest BCUT2D eigenvalue weighted by atomic mass is 32.2. The first-order chi connectivity index (χ1) is 5.43. The van der Waals surface area contributed by atoms with E-state index in [9.17, 15) is 22.2 Å². The first kappa shape index (κ1) is 9.04. The molecule has 68 valence electrons. The molecular weight excluding hydrogens is 197 g/mol. The van der Waals surface area contributed by atoms with Gasteiger partial charge >= 0.3 is 5.51 Å². The van der Waals surface area contributed by atoms with Crippen molar-refractivity contribution in [1.29, 1.82) is 0 Å². The predicted octanol–water partition coefficient (Wildman–Crippen LogP) is 0.330. The van der Waals surface area contributed by atoms with E-state index < -0.39 is 26.8 Å². The maximum absolute atomic E-state index is 11.7. The fourth-order valence-electron chi connectivity index (χ4n) is 0.557. The number of nitrogens with one attached hydrogen (secondary N) is 2. The average Bonchev–Trinajstić information content (AvgIpc) is 2.31. The third-order valence-corrected chi connectivity index (χ3v) is 2.15. The van der Waals surface area contributed by atoms with Gasteiger partial charge in [0.05, 0.1) is 0 Å². The monoisotopic (exact) mass is 200 g/mol. The Morgan fingerprint density at radius 3 is 2.33 bits per heavy atom. The molecule has 0 aromatic carbocycles. The quantitative estimate of drug-likeness (QED) is 0.686. The molecule has 0 saturated heterocycles. The van der Waals surface area contributed by atoms with Gasteiger partial charge in [0, 0.05) is 6.20 Å². The van der Waals surface area contributed by atoms with Crippen LogP contribution in [0.4, 0.5) is 13.2 Å². The molecular formula is C4H3F3N2O2S. The van der Waals surface area contributed by atoms with Crippen LogP contribution in [-0.4, -0.2) is 19.9 Å². The van der Waals surface area contributed by atoms with E-state index >= 15 is 0 Å². The summed E-state index contributed by atoms with van der Waals surface area (Å²) in [5.74, 6) is 0. The Morgan fingerprint density at radius 1 is 1.42 bits per heavy atom. The first-order valence-electron chi connectivity index (χ1n) is 2.67. The molecule has 0 bridgehead atoms. The second-order valence-corrected chi connectivity index (χ2v) is 3.26. The number of halogens is 3. The molecule has 1 aromatic rings. The number of rotatable bonds is 1. The molecule has 0 radical (unpaired) electrons. The van der Waals surface area contributed by atoms with Crippen LogP contribution in [0.1, 0.15) is 0 Å². The second-order valence-electron chi connectivity index (χ2n) is 1.82. The fraction of sp³-hybridized carbons (Fsp3) is 0.250. The van der Waals surface area contributed by atoms with Crippen molar-refractivity contribution in [3.63, 3.8) is 0 Å². The molecule has 1 atom stereocenters. The molecule has 0 amide bonds. The van der Waals surface area contributed by atoms with Gasteiger partial charge in [-0.15, -0.1) is 0 Å². The summed E-state index contributed by atoms with van der Waals surface area (Å²) in [5.41, 5.74) is -5.92. The normalized spacial score (nSPS) is 14.6. The minimum atomic E-state index is -4.89. The van der Waals surface area contributed by atoms with Gasteiger partial charge in [0.2, 0.25) is 0 Å². The standard InChI is InChI=1S/C4H3F3N2O2S/c5-4(6,7)12(11)2-1-8-9-3(2)10/h1H,(H2,8,9,10). The van der Waals surface area contributed by atoms with Crippen LogP contribution >= 0.6 is 0 Å². The fourth-order valence-corrected chi connectivity index (χ4v) is 1.19. The van der Waals surface area contributed by atoms with Crippen LogP contribution in [0.2, 0.25) is 0 Å². The van der Waals surface area contributed by atoms with Crippen molar-refractivity contribution in [1.82, 2.24) is 10.2 Å². The summed E-state index contributed by atoms with van der Waals surface area (Å²) in [7, 11) is -3.26. The van der Waals surface area contributed by atoms with Crippen molar-refractivity contribution >= 4 is 10.8 Å². The average molecular weight is 200 g/mol. The van der Waals surface area contributed by atoms with E-state index in [1.54, 1.807) is 0 Å². The van der Waals surface area contributed by atoms with Crippen molar-refractivity contribution in [2.75, 3.05) is 0 Å². The minimum Gasteiger partial charge on any atom is -0.304 e. The largest absolute Gasteiger partial charge is 0.476 e. The van der Waals surface area contributed by atoms with E-state index in [1.165, 1.54) is 0 Å². The molecule has 1 rings (SSSR count). The Balaban J connectivity index is 3.10. The third kappa shape index (κ3) is 1.58. The summed E-state index contributed by atoms with van der Waals surface area (Å²) >= 11 is 0. The molecule has 4 nitrogen and oxygen atoms in total. The smallest absolute Gasteiger partial charge is 0.304 e. The van der Waals surface area contributed by atoms with Crippen molar-refractivity contribution in [3.05, 3.63) is 16.6 Å². The van der Waals surface area contributed by atoms with Crippen LogP contribution in [0, 0.1) is 0 Å². The van der Waals surface area contributed by atoms with Gasteiger partial charge in [-0.25, -0.2) is 4.21 Å². The summed E-state index contributed by atoms with van der Waals surface area (Å²) in [6.45, 7) is 0. The van der Waals surface area contributed by atoms with E-state index in [4.69, 9.17) is 0 Å². The molecule has 0 saturated carbocycles.